The number of likely N-dealkylation sites (tertiary alicyclic amines) is 1. The van der Waals surface area contributed by atoms with Crippen LogP contribution in [0.15, 0.2) is 37.1 Å². The molecular weight excluding hydrogens is 358 g/mol. The zero-order valence-electron chi connectivity index (χ0n) is 17.0. The van der Waals surface area contributed by atoms with Gasteiger partial charge in [-0.15, -0.1) is 0 Å². The fourth-order valence-electron chi connectivity index (χ4n) is 3.65. The Bertz CT molecular complexity index is 704. The van der Waals surface area contributed by atoms with Crippen LogP contribution in [0.4, 0.5) is 5.69 Å². The van der Waals surface area contributed by atoms with Gasteiger partial charge in [-0.1, -0.05) is 38.6 Å². The number of allylic oxidation sites excluding steroid dienone is 1. The summed E-state index contributed by atoms with van der Waals surface area (Å²) in [7, 11) is 3.53. The van der Waals surface area contributed by atoms with E-state index in [9.17, 15) is 4.79 Å². The number of hydrogen-bond donors (Lipinski definition) is 1. The van der Waals surface area contributed by atoms with Gasteiger partial charge in [0.15, 0.2) is 0 Å². The van der Waals surface area contributed by atoms with E-state index >= 15 is 0 Å². The molecule has 1 aromatic carbocycles. The molecule has 1 aromatic rings. The second-order valence-electron chi connectivity index (χ2n) is 8.00. The molecule has 0 unspecified atom stereocenters. The van der Waals surface area contributed by atoms with Crippen LogP contribution < -0.4 is 5.32 Å². The molecule has 1 amide bonds. The van der Waals surface area contributed by atoms with E-state index < -0.39 is 0 Å². The number of carbonyl (C=O) groups is 1. The first kappa shape index (κ1) is 21.4. The second-order valence-corrected chi connectivity index (χ2v) is 8.44. The van der Waals surface area contributed by atoms with Gasteiger partial charge in [-0.2, -0.15) is 0 Å². The Balaban J connectivity index is 2.13. The van der Waals surface area contributed by atoms with Gasteiger partial charge in [0.25, 0.3) is 0 Å². The summed E-state index contributed by atoms with van der Waals surface area (Å²) in [4.78, 5) is 15.8. The number of anilines is 1. The number of nitrogens with one attached hydrogen (secondary N) is 1. The van der Waals surface area contributed by atoms with E-state index in [1.54, 1.807) is 19.0 Å². The van der Waals surface area contributed by atoms with Crippen LogP contribution in [-0.4, -0.2) is 42.9 Å². The molecule has 1 saturated heterocycles. The highest BCUT2D eigenvalue weighted by Crippen LogP contribution is 2.33. The lowest BCUT2D eigenvalue weighted by Gasteiger charge is -2.38. The van der Waals surface area contributed by atoms with Crippen molar-refractivity contribution < 1.29 is 4.79 Å². The SMILES string of the molecule is C=C(CCC(=O)N(C)C)Nc1ccc(Cl)cc1C(=C)N1C[C@H](C)C[C@H](C)C1. The molecule has 0 bridgehead atoms. The largest absolute Gasteiger partial charge is 0.371 e. The molecule has 148 valence electrons. The quantitative estimate of drug-likeness (QED) is 0.706. The lowest BCUT2D eigenvalue weighted by molar-refractivity contribution is -0.128. The molecule has 1 aliphatic heterocycles. The molecule has 2 rings (SSSR count). The molecule has 27 heavy (non-hydrogen) atoms. The summed E-state index contributed by atoms with van der Waals surface area (Å²) in [6.07, 6.45) is 2.27. The second kappa shape index (κ2) is 9.32. The van der Waals surface area contributed by atoms with Gasteiger partial charge < -0.3 is 15.1 Å². The van der Waals surface area contributed by atoms with Crippen molar-refractivity contribution in [3.05, 3.63) is 47.6 Å². The third kappa shape index (κ3) is 6.03. The smallest absolute Gasteiger partial charge is 0.222 e. The molecule has 4 nitrogen and oxygen atoms in total. The minimum absolute atomic E-state index is 0.0926. The van der Waals surface area contributed by atoms with Gasteiger partial charge in [-0.3, -0.25) is 4.79 Å². The maximum Gasteiger partial charge on any atom is 0.222 e. The summed E-state index contributed by atoms with van der Waals surface area (Å²) in [6, 6.07) is 5.77. The Labute approximate surface area is 168 Å². The number of amides is 1. The number of hydrogen-bond acceptors (Lipinski definition) is 3. The van der Waals surface area contributed by atoms with Crippen molar-refractivity contribution in [1.82, 2.24) is 9.80 Å². The van der Waals surface area contributed by atoms with Crippen LogP contribution in [0.3, 0.4) is 0 Å². The minimum Gasteiger partial charge on any atom is -0.371 e. The Morgan fingerprint density at radius 3 is 2.44 bits per heavy atom. The van der Waals surface area contributed by atoms with Crippen LogP contribution in [0.2, 0.25) is 5.02 Å². The van der Waals surface area contributed by atoms with E-state index in [2.05, 4.69) is 37.2 Å². The molecule has 5 heteroatoms. The van der Waals surface area contributed by atoms with Crippen LogP contribution in [0.5, 0.6) is 0 Å². The fourth-order valence-corrected chi connectivity index (χ4v) is 3.82. The predicted octanol–water partition coefficient (Wildman–Crippen LogP) is 5.08. The van der Waals surface area contributed by atoms with Gasteiger partial charge in [-0.05, 0) is 42.9 Å². The molecule has 0 spiro atoms. The number of carbonyl (C=O) groups excluding carboxylic acids is 1. The number of nitrogens with zero attached hydrogens (tertiary/aromatic N) is 2. The van der Waals surface area contributed by atoms with Crippen LogP contribution in [0.1, 0.15) is 38.7 Å². The normalized spacial score (nSPS) is 19.5. The van der Waals surface area contributed by atoms with E-state index in [0.29, 0.717) is 29.7 Å². The zero-order chi connectivity index (χ0) is 20.1. The topological polar surface area (TPSA) is 35.6 Å². The maximum atomic E-state index is 11.8. The first-order valence-electron chi connectivity index (χ1n) is 9.56. The van der Waals surface area contributed by atoms with Crippen molar-refractivity contribution in [2.45, 2.75) is 33.1 Å². The predicted molar refractivity (Wildman–Crippen MR) is 116 cm³/mol. The van der Waals surface area contributed by atoms with Gasteiger partial charge in [0, 0.05) is 61.3 Å². The summed E-state index contributed by atoms with van der Waals surface area (Å²) in [5, 5.41) is 4.05. The molecule has 0 saturated carbocycles. The van der Waals surface area contributed by atoms with Crippen LogP contribution >= 0.6 is 11.6 Å². The highest BCUT2D eigenvalue weighted by molar-refractivity contribution is 6.30. The third-order valence-corrected chi connectivity index (χ3v) is 5.23. The molecule has 1 aliphatic rings. The summed E-state index contributed by atoms with van der Waals surface area (Å²) < 4.78 is 0. The highest BCUT2D eigenvalue weighted by Gasteiger charge is 2.24. The first-order chi connectivity index (χ1) is 12.7. The fraction of sp³-hybridized carbons (Fsp3) is 0.500. The van der Waals surface area contributed by atoms with E-state index in [0.717, 1.165) is 35.7 Å². The van der Waals surface area contributed by atoms with Crippen molar-refractivity contribution in [3.63, 3.8) is 0 Å². The molecule has 1 fully saturated rings. The molecule has 1 N–H and O–H groups in total. The van der Waals surface area contributed by atoms with E-state index in [4.69, 9.17) is 11.6 Å². The Hall–Kier alpha value is -1.94. The van der Waals surface area contributed by atoms with Crippen molar-refractivity contribution in [3.8, 4) is 0 Å². The number of benzene rings is 1. The van der Waals surface area contributed by atoms with Crippen molar-refractivity contribution in [2.24, 2.45) is 11.8 Å². The number of halogens is 1. The molecular formula is C22H32ClN3O. The van der Waals surface area contributed by atoms with Crippen molar-refractivity contribution in [2.75, 3.05) is 32.5 Å². The van der Waals surface area contributed by atoms with Crippen LogP contribution in [0, 0.1) is 11.8 Å². The van der Waals surface area contributed by atoms with Crippen molar-refractivity contribution in [1.29, 1.82) is 0 Å². The molecule has 0 aliphatic carbocycles. The monoisotopic (exact) mass is 389 g/mol. The summed E-state index contributed by atoms with van der Waals surface area (Å²) in [5.74, 6) is 1.39. The average Bonchev–Trinajstić information content (AvgIpc) is 2.59. The van der Waals surface area contributed by atoms with Gasteiger partial charge in [0.1, 0.15) is 0 Å². The van der Waals surface area contributed by atoms with Gasteiger partial charge in [0.05, 0.1) is 0 Å². The van der Waals surface area contributed by atoms with Crippen molar-refractivity contribution >= 4 is 28.9 Å². The third-order valence-electron chi connectivity index (χ3n) is 4.99. The Morgan fingerprint density at radius 2 is 1.85 bits per heavy atom. The molecule has 0 aromatic heterocycles. The average molecular weight is 390 g/mol. The summed E-state index contributed by atoms with van der Waals surface area (Å²) in [6.45, 7) is 15.0. The zero-order valence-corrected chi connectivity index (χ0v) is 17.8. The van der Waals surface area contributed by atoms with Gasteiger partial charge in [0.2, 0.25) is 5.91 Å². The standard InChI is InChI=1S/C22H32ClN3O/c1-15-11-16(2)14-26(13-15)18(4)20-12-19(23)8-9-21(20)24-17(3)7-10-22(27)25(5)6/h8-9,12,15-16,24H,3-4,7,10-11,13-14H2,1-2,5-6H3/t15-,16+. The lowest BCUT2D eigenvalue weighted by Crippen LogP contribution is -2.37. The van der Waals surface area contributed by atoms with Gasteiger partial charge >= 0.3 is 0 Å². The molecule has 1 heterocycles. The molecule has 2 atom stereocenters. The first-order valence-corrected chi connectivity index (χ1v) is 9.94. The summed E-state index contributed by atoms with van der Waals surface area (Å²) in [5.41, 5.74) is 3.71. The minimum atomic E-state index is 0.0926. The Morgan fingerprint density at radius 1 is 1.22 bits per heavy atom. The van der Waals surface area contributed by atoms with E-state index in [1.165, 1.54) is 6.42 Å². The lowest BCUT2D eigenvalue weighted by atomic mass is 9.91. The highest BCUT2D eigenvalue weighted by atomic mass is 35.5. The van der Waals surface area contributed by atoms with Crippen LogP contribution in [0.25, 0.3) is 5.70 Å². The summed E-state index contributed by atoms with van der Waals surface area (Å²) >= 11 is 6.27. The van der Waals surface area contributed by atoms with E-state index in [1.807, 2.05) is 18.2 Å². The number of piperidine rings is 1. The Kier molecular flexibility index (Phi) is 7.37. The molecule has 0 radical (unpaired) electrons. The van der Waals surface area contributed by atoms with Crippen LogP contribution in [-0.2, 0) is 4.79 Å². The number of rotatable bonds is 7. The maximum absolute atomic E-state index is 11.8. The van der Waals surface area contributed by atoms with Gasteiger partial charge in [-0.25, -0.2) is 0 Å². The van der Waals surface area contributed by atoms with E-state index in [-0.39, 0.29) is 5.91 Å².